The second-order valence-corrected chi connectivity index (χ2v) is 5.27. The average molecular weight is 329 g/mol. The van der Waals surface area contributed by atoms with E-state index in [2.05, 4.69) is 15.9 Å². The number of benzene rings is 1. The van der Waals surface area contributed by atoms with Gasteiger partial charge in [-0.05, 0) is 40.9 Å². The van der Waals surface area contributed by atoms with Crippen LogP contribution in [-0.2, 0) is 11.3 Å². The summed E-state index contributed by atoms with van der Waals surface area (Å²) >= 11 is 3.23. The highest BCUT2D eigenvalue weighted by atomic mass is 79.9. The van der Waals surface area contributed by atoms with Crippen molar-refractivity contribution >= 4 is 27.6 Å². The van der Waals surface area contributed by atoms with Gasteiger partial charge in [-0.25, -0.2) is 0 Å². The Balaban J connectivity index is 2.22. The molecule has 0 aromatic heterocycles. The molecular formula is C12H13BrN2O4. The number of nitro benzene ring substituents is 1. The molecule has 1 unspecified atom stereocenters. The molecule has 1 aromatic carbocycles. The van der Waals surface area contributed by atoms with Crippen LogP contribution in [0.2, 0.25) is 0 Å². The molecule has 0 radical (unpaired) electrons. The number of aliphatic carboxylic acids is 1. The third kappa shape index (κ3) is 2.93. The summed E-state index contributed by atoms with van der Waals surface area (Å²) in [6, 6.07) is 4.32. The van der Waals surface area contributed by atoms with Gasteiger partial charge in [-0.15, -0.1) is 0 Å². The zero-order chi connectivity index (χ0) is 14.0. The third-order valence-corrected chi connectivity index (χ3v) is 4.19. The SMILES string of the molecule is O=C(O)C1CCCN1Cc1cccc([N+](=O)[O-])c1Br. The van der Waals surface area contributed by atoms with Crippen molar-refractivity contribution in [3.63, 3.8) is 0 Å². The third-order valence-electron chi connectivity index (χ3n) is 3.28. The maximum atomic E-state index is 11.1. The summed E-state index contributed by atoms with van der Waals surface area (Å²) < 4.78 is 0.427. The van der Waals surface area contributed by atoms with Crippen LogP contribution >= 0.6 is 15.9 Å². The first-order valence-electron chi connectivity index (χ1n) is 5.89. The van der Waals surface area contributed by atoms with Crippen molar-refractivity contribution in [3.8, 4) is 0 Å². The predicted octanol–water partition coefficient (Wildman–Crippen LogP) is 2.41. The highest BCUT2D eigenvalue weighted by Crippen LogP contribution is 2.30. The van der Waals surface area contributed by atoms with Crippen molar-refractivity contribution in [1.82, 2.24) is 4.90 Å². The first-order chi connectivity index (χ1) is 9.00. The van der Waals surface area contributed by atoms with Crippen molar-refractivity contribution in [3.05, 3.63) is 38.3 Å². The topological polar surface area (TPSA) is 83.7 Å². The molecule has 102 valence electrons. The summed E-state index contributed by atoms with van der Waals surface area (Å²) in [5.74, 6) is -0.834. The van der Waals surface area contributed by atoms with E-state index in [-0.39, 0.29) is 5.69 Å². The van der Waals surface area contributed by atoms with Gasteiger partial charge in [0, 0.05) is 12.6 Å². The second-order valence-electron chi connectivity index (χ2n) is 4.47. The van der Waals surface area contributed by atoms with Gasteiger partial charge in [0.1, 0.15) is 6.04 Å². The summed E-state index contributed by atoms with van der Waals surface area (Å²) in [4.78, 5) is 23.3. The largest absolute Gasteiger partial charge is 0.480 e. The van der Waals surface area contributed by atoms with Gasteiger partial charge < -0.3 is 5.11 Å². The summed E-state index contributed by atoms with van der Waals surface area (Å²) in [6.45, 7) is 1.10. The van der Waals surface area contributed by atoms with Crippen LogP contribution in [0.4, 0.5) is 5.69 Å². The van der Waals surface area contributed by atoms with Crippen molar-refractivity contribution in [1.29, 1.82) is 0 Å². The van der Waals surface area contributed by atoms with Gasteiger partial charge in [-0.1, -0.05) is 12.1 Å². The molecule has 0 amide bonds. The molecule has 19 heavy (non-hydrogen) atoms. The van der Waals surface area contributed by atoms with Crippen molar-refractivity contribution in [2.24, 2.45) is 0 Å². The molecule has 0 saturated carbocycles. The zero-order valence-corrected chi connectivity index (χ0v) is 11.7. The Labute approximate surface area is 118 Å². The number of carboxylic acid groups (broad SMARTS) is 1. The highest BCUT2D eigenvalue weighted by Gasteiger charge is 2.31. The van der Waals surface area contributed by atoms with Crippen molar-refractivity contribution in [2.45, 2.75) is 25.4 Å². The van der Waals surface area contributed by atoms with E-state index >= 15 is 0 Å². The number of hydrogen-bond acceptors (Lipinski definition) is 4. The molecule has 2 rings (SSSR count). The van der Waals surface area contributed by atoms with E-state index in [0.717, 1.165) is 12.0 Å². The van der Waals surface area contributed by atoms with Gasteiger partial charge in [0.25, 0.3) is 5.69 Å². The van der Waals surface area contributed by atoms with Crippen LogP contribution in [0.3, 0.4) is 0 Å². The number of carbonyl (C=O) groups is 1. The van der Waals surface area contributed by atoms with Crippen molar-refractivity contribution in [2.75, 3.05) is 6.54 Å². The molecule has 6 nitrogen and oxygen atoms in total. The van der Waals surface area contributed by atoms with Gasteiger partial charge in [0.15, 0.2) is 0 Å². The number of nitrogens with zero attached hydrogens (tertiary/aromatic N) is 2. The number of nitro groups is 1. The van der Waals surface area contributed by atoms with E-state index in [1.807, 2.05) is 4.90 Å². The Morgan fingerprint density at radius 1 is 1.58 bits per heavy atom. The molecule has 1 N–H and O–H groups in total. The van der Waals surface area contributed by atoms with Crippen LogP contribution in [0, 0.1) is 10.1 Å². The van der Waals surface area contributed by atoms with Crippen LogP contribution in [0.15, 0.2) is 22.7 Å². The molecular weight excluding hydrogens is 316 g/mol. The van der Waals surface area contributed by atoms with Crippen LogP contribution < -0.4 is 0 Å². The van der Waals surface area contributed by atoms with Crippen LogP contribution in [0.25, 0.3) is 0 Å². The Bertz CT molecular complexity index is 520. The molecule has 1 saturated heterocycles. The Hall–Kier alpha value is -1.47. The monoisotopic (exact) mass is 328 g/mol. The number of hydrogen-bond donors (Lipinski definition) is 1. The number of likely N-dealkylation sites (tertiary alicyclic amines) is 1. The Kier molecular flexibility index (Phi) is 4.16. The van der Waals surface area contributed by atoms with Gasteiger partial charge in [-0.3, -0.25) is 19.8 Å². The smallest absolute Gasteiger partial charge is 0.320 e. The first kappa shape index (κ1) is 14.0. The van der Waals surface area contributed by atoms with E-state index in [1.54, 1.807) is 12.1 Å². The number of carboxylic acids is 1. The van der Waals surface area contributed by atoms with E-state index in [0.29, 0.717) is 24.0 Å². The van der Waals surface area contributed by atoms with Crippen LogP contribution in [0.5, 0.6) is 0 Å². The fraction of sp³-hybridized carbons (Fsp3) is 0.417. The van der Waals surface area contributed by atoms with E-state index in [4.69, 9.17) is 5.11 Å². The highest BCUT2D eigenvalue weighted by molar-refractivity contribution is 9.10. The first-order valence-corrected chi connectivity index (χ1v) is 6.68. The molecule has 1 aromatic rings. The van der Waals surface area contributed by atoms with Crippen molar-refractivity contribution < 1.29 is 14.8 Å². The molecule has 1 aliphatic heterocycles. The zero-order valence-electron chi connectivity index (χ0n) is 10.1. The molecule has 0 spiro atoms. The Morgan fingerprint density at radius 2 is 2.32 bits per heavy atom. The predicted molar refractivity (Wildman–Crippen MR) is 71.9 cm³/mol. The molecule has 1 heterocycles. The fourth-order valence-corrected chi connectivity index (χ4v) is 2.88. The Morgan fingerprint density at radius 3 is 2.95 bits per heavy atom. The lowest BCUT2D eigenvalue weighted by Crippen LogP contribution is -2.35. The van der Waals surface area contributed by atoms with Crippen LogP contribution in [0.1, 0.15) is 18.4 Å². The normalized spacial score (nSPS) is 19.5. The van der Waals surface area contributed by atoms with Gasteiger partial charge in [-0.2, -0.15) is 0 Å². The van der Waals surface area contributed by atoms with Crippen LogP contribution in [-0.4, -0.2) is 33.5 Å². The second kappa shape index (κ2) is 5.66. The van der Waals surface area contributed by atoms with Gasteiger partial charge in [0.05, 0.1) is 9.40 Å². The molecule has 1 atom stereocenters. The molecule has 1 fully saturated rings. The summed E-state index contributed by atoms with van der Waals surface area (Å²) in [6.07, 6.45) is 1.46. The van der Waals surface area contributed by atoms with E-state index < -0.39 is 16.9 Å². The number of halogens is 1. The summed E-state index contributed by atoms with van der Waals surface area (Å²) in [5, 5.41) is 20.0. The molecule has 7 heteroatoms. The van der Waals surface area contributed by atoms with Gasteiger partial charge >= 0.3 is 5.97 Å². The van der Waals surface area contributed by atoms with E-state index in [1.165, 1.54) is 6.07 Å². The lowest BCUT2D eigenvalue weighted by Gasteiger charge is -2.21. The lowest BCUT2D eigenvalue weighted by atomic mass is 10.1. The summed E-state index contributed by atoms with van der Waals surface area (Å²) in [7, 11) is 0. The molecule has 0 aliphatic carbocycles. The standard InChI is InChI=1S/C12H13BrN2O4/c13-11-8(3-1-4-9(11)15(18)19)7-14-6-2-5-10(14)12(16)17/h1,3-4,10H,2,5-7H2,(H,16,17). The molecule has 1 aliphatic rings. The maximum Gasteiger partial charge on any atom is 0.320 e. The minimum atomic E-state index is -0.834. The van der Waals surface area contributed by atoms with Gasteiger partial charge in [0.2, 0.25) is 0 Å². The molecule has 0 bridgehead atoms. The van der Waals surface area contributed by atoms with E-state index in [9.17, 15) is 14.9 Å². The fourth-order valence-electron chi connectivity index (χ4n) is 2.34. The minimum absolute atomic E-state index is 0.00331. The lowest BCUT2D eigenvalue weighted by molar-refractivity contribution is -0.385. The quantitative estimate of drug-likeness (QED) is 0.677. The summed E-state index contributed by atoms with van der Waals surface area (Å²) in [5.41, 5.74) is 0.742. The average Bonchev–Trinajstić information content (AvgIpc) is 2.79. The maximum absolute atomic E-state index is 11.1. The number of rotatable bonds is 4. The minimum Gasteiger partial charge on any atom is -0.480 e.